The first-order valence-electron chi connectivity index (χ1n) is 16.8. The second-order valence-corrected chi connectivity index (χ2v) is 15.8. The molecule has 0 radical (unpaired) electrons. The van der Waals surface area contributed by atoms with E-state index in [-0.39, 0.29) is 0 Å². The maximum absolute atomic E-state index is 11.3. The summed E-state index contributed by atoms with van der Waals surface area (Å²) in [6.07, 6.45) is 0. The smallest absolute Gasteiger partial charge is 0.124 e. The molecule has 0 unspecified atom stereocenters. The Morgan fingerprint density at radius 2 is 0.978 bits per heavy atom. The van der Waals surface area contributed by atoms with Crippen LogP contribution in [-0.4, -0.2) is 39.1 Å². The van der Waals surface area contributed by atoms with E-state index in [1.807, 2.05) is 12.1 Å². The van der Waals surface area contributed by atoms with E-state index in [0.29, 0.717) is 29.9 Å². The van der Waals surface area contributed by atoms with Crippen LogP contribution in [0.2, 0.25) is 0 Å². The Kier molecular flexibility index (Phi) is 11.0. The highest BCUT2D eigenvalue weighted by atomic mass is 31.1. The van der Waals surface area contributed by atoms with Crippen molar-refractivity contribution in [1.29, 1.82) is 0 Å². The molecule has 46 heavy (non-hydrogen) atoms. The molecule has 0 aliphatic rings. The van der Waals surface area contributed by atoms with Gasteiger partial charge in [0.1, 0.15) is 5.75 Å². The molecular weight excluding hydrogens is 579 g/mol. The van der Waals surface area contributed by atoms with Crippen LogP contribution in [0.4, 0.5) is 0 Å². The molecule has 5 rings (SSSR count). The summed E-state index contributed by atoms with van der Waals surface area (Å²) in [6.45, 7) is 20.1. The van der Waals surface area contributed by atoms with Gasteiger partial charge in [-0.1, -0.05) is 103 Å². The highest BCUT2D eigenvalue weighted by Gasteiger charge is 2.23. The van der Waals surface area contributed by atoms with Crippen LogP contribution < -0.4 is 15.9 Å². The van der Waals surface area contributed by atoms with E-state index in [9.17, 15) is 5.11 Å². The Hall–Kier alpha value is -3.49. The summed E-state index contributed by atoms with van der Waals surface area (Å²) in [5.41, 5.74) is 4.66. The van der Waals surface area contributed by atoms with Gasteiger partial charge in [-0.05, 0) is 113 Å². The predicted molar refractivity (Wildman–Crippen MR) is 201 cm³/mol. The number of fused-ring (bicyclic) bond motifs is 1. The second kappa shape index (κ2) is 14.9. The van der Waals surface area contributed by atoms with Crippen molar-refractivity contribution in [2.75, 3.05) is 0 Å². The Balaban J connectivity index is 1.62. The van der Waals surface area contributed by atoms with E-state index in [2.05, 4.69) is 162 Å². The molecular formula is C42H51N2OP. The first kappa shape index (κ1) is 33.9. The lowest BCUT2D eigenvalue weighted by atomic mass is 9.97. The fourth-order valence-corrected chi connectivity index (χ4v) is 9.11. The summed E-state index contributed by atoms with van der Waals surface area (Å²) in [5.74, 6) is 0.316. The molecule has 5 aromatic rings. The van der Waals surface area contributed by atoms with Gasteiger partial charge in [0.25, 0.3) is 0 Å². The van der Waals surface area contributed by atoms with Gasteiger partial charge in [-0.25, -0.2) is 0 Å². The molecule has 240 valence electrons. The van der Waals surface area contributed by atoms with Gasteiger partial charge in [-0.2, -0.15) is 0 Å². The normalized spacial score (nSPS) is 12.2. The number of benzene rings is 5. The Morgan fingerprint density at radius 3 is 1.48 bits per heavy atom. The Morgan fingerprint density at radius 1 is 0.522 bits per heavy atom. The van der Waals surface area contributed by atoms with Crippen molar-refractivity contribution < 1.29 is 5.11 Å². The minimum Gasteiger partial charge on any atom is -0.507 e. The summed E-state index contributed by atoms with van der Waals surface area (Å²) in [5, 5.41) is 17.4. The third-order valence-electron chi connectivity index (χ3n) is 9.09. The number of nitrogens with zero attached hydrogens (tertiary/aromatic N) is 2. The molecule has 3 nitrogen and oxygen atoms in total. The SMILES string of the molecule is CC(C)N(Cc1ccc(P(c2ccc(CN(C(C)C)C(C)C)cc2)c2ccccc2-c2c(O)ccc3ccccc23)cc1)C(C)C. The van der Waals surface area contributed by atoms with Crippen molar-refractivity contribution in [3.8, 4) is 16.9 Å². The van der Waals surface area contributed by atoms with Crippen LogP contribution >= 0.6 is 7.92 Å². The lowest BCUT2D eigenvalue weighted by Crippen LogP contribution is -2.36. The van der Waals surface area contributed by atoms with E-state index in [1.54, 1.807) is 0 Å². The van der Waals surface area contributed by atoms with Crippen molar-refractivity contribution >= 4 is 34.6 Å². The minimum atomic E-state index is -0.912. The van der Waals surface area contributed by atoms with Gasteiger partial charge in [0, 0.05) is 42.8 Å². The number of hydrogen-bond acceptors (Lipinski definition) is 3. The zero-order valence-electron chi connectivity index (χ0n) is 28.9. The van der Waals surface area contributed by atoms with E-state index in [0.717, 1.165) is 35.0 Å². The van der Waals surface area contributed by atoms with Crippen LogP contribution in [0.3, 0.4) is 0 Å². The fourth-order valence-electron chi connectivity index (χ4n) is 6.70. The molecule has 0 fully saturated rings. The molecule has 0 saturated carbocycles. The van der Waals surface area contributed by atoms with Crippen LogP contribution in [-0.2, 0) is 13.1 Å². The van der Waals surface area contributed by atoms with Crippen molar-refractivity contribution in [1.82, 2.24) is 9.80 Å². The number of aromatic hydroxyl groups is 1. The monoisotopic (exact) mass is 630 g/mol. The molecule has 0 aliphatic heterocycles. The zero-order chi connectivity index (χ0) is 33.0. The van der Waals surface area contributed by atoms with E-state index in [4.69, 9.17) is 0 Å². The maximum atomic E-state index is 11.3. The van der Waals surface area contributed by atoms with Gasteiger partial charge in [0.2, 0.25) is 0 Å². The molecule has 0 heterocycles. The molecule has 0 amide bonds. The standard InChI is InChI=1S/C42H51N2OP/c1-29(2)43(30(3)4)27-33-17-22-36(23-18-33)46(37-24-19-34(20-25-37)28-44(31(5)6)32(7)8)41-16-12-11-15-39(41)42-38-14-10-9-13-35(38)21-26-40(42)45/h9-26,29-32,45H,27-28H2,1-8H3. The van der Waals surface area contributed by atoms with Crippen molar-refractivity contribution in [3.63, 3.8) is 0 Å². The molecule has 0 spiro atoms. The summed E-state index contributed by atoms with van der Waals surface area (Å²) in [7, 11) is -0.912. The quantitative estimate of drug-likeness (QED) is 0.139. The summed E-state index contributed by atoms with van der Waals surface area (Å²) in [4.78, 5) is 5.07. The summed E-state index contributed by atoms with van der Waals surface area (Å²) in [6, 6.07) is 41.5. The molecule has 0 bridgehead atoms. The Labute approximate surface area is 278 Å². The number of phenols is 1. The molecule has 1 N–H and O–H groups in total. The number of rotatable bonds is 12. The molecule has 0 atom stereocenters. The largest absolute Gasteiger partial charge is 0.507 e. The van der Waals surface area contributed by atoms with E-state index < -0.39 is 7.92 Å². The van der Waals surface area contributed by atoms with Crippen LogP contribution in [0.15, 0.2) is 109 Å². The first-order valence-corrected chi connectivity index (χ1v) is 18.2. The van der Waals surface area contributed by atoms with E-state index >= 15 is 0 Å². The zero-order valence-corrected chi connectivity index (χ0v) is 29.8. The lowest BCUT2D eigenvalue weighted by molar-refractivity contribution is 0.166. The average molecular weight is 631 g/mol. The lowest BCUT2D eigenvalue weighted by Gasteiger charge is -2.31. The van der Waals surface area contributed by atoms with Gasteiger partial charge in [0.15, 0.2) is 0 Å². The minimum absolute atomic E-state index is 0.316. The summed E-state index contributed by atoms with van der Waals surface area (Å²) >= 11 is 0. The highest BCUT2D eigenvalue weighted by molar-refractivity contribution is 7.80. The van der Waals surface area contributed by atoms with Crippen LogP contribution in [0.25, 0.3) is 21.9 Å². The van der Waals surface area contributed by atoms with Crippen LogP contribution in [0.5, 0.6) is 5.75 Å². The van der Waals surface area contributed by atoms with Gasteiger partial charge >= 0.3 is 0 Å². The maximum Gasteiger partial charge on any atom is 0.124 e. The topological polar surface area (TPSA) is 26.7 Å². The van der Waals surface area contributed by atoms with Crippen molar-refractivity contribution in [2.24, 2.45) is 0 Å². The summed E-state index contributed by atoms with van der Waals surface area (Å²) < 4.78 is 0. The van der Waals surface area contributed by atoms with Gasteiger partial charge in [-0.15, -0.1) is 0 Å². The van der Waals surface area contributed by atoms with Crippen LogP contribution in [0.1, 0.15) is 66.5 Å². The van der Waals surface area contributed by atoms with Crippen molar-refractivity contribution in [2.45, 2.75) is 92.6 Å². The first-order chi connectivity index (χ1) is 22.0. The van der Waals surface area contributed by atoms with Crippen LogP contribution in [0, 0.1) is 0 Å². The number of phenolic OH excluding ortho intramolecular Hbond substituents is 1. The highest BCUT2D eigenvalue weighted by Crippen LogP contribution is 2.42. The van der Waals surface area contributed by atoms with Gasteiger partial charge in [0.05, 0.1) is 0 Å². The fraction of sp³-hybridized carbons (Fsp3) is 0.333. The third-order valence-corrected chi connectivity index (χ3v) is 11.6. The Bertz CT molecular complexity index is 1640. The second-order valence-electron chi connectivity index (χ2n) is 13.6. The molecule has 0 aliphatic carbocycles. The number of hydrogen-bond donors (Lipinski definition) is 1. The predicted octanol–water partition coefficient (Wildman–Crippen LogP) is 9.21. The van der Waals surface area contributed by atoms with Crippen molar-refractivity contribution in [3.05, 3.63) is 120 Å². The van der Waals surface area contributed by atoms with Gasteiger partial charge < -0.3 is 5.11 Å². The molecule has 0 saturated heterocycles. The third kappa shape index (κ3) is 7.55. The molecule has 0 aromatic heterocycles. The average Bonchev–Trinajstić information content (AvgIpc) is 3.03. The molecule has 4 heteroatoms. The molecule has 5 aromatic carbocycles. The van der Waals surface area contributed by atoms with Gasteiger partial charge in [-0.3, -0.25) is 9.80 Å². The van der Waals surface area contributed by atoms with E-state index in [1.165, 1.54) is 27.0 Å².